The SMILES string of the molecule is COc1cccc(C2(C)CCc3nc(O)c(C(=O)O)cc3C2=O)c1. The molecule has 0 fully saturated rings. The number of aromatic hydroxyl groups is 1. The third-order valence-electron chi connectivity index (χ3n) is 4.63. The number of hydrogen-bond acceptors (Lipinski definition) is 5. The summed E-state index contributed by atoms with van der Waals surface area (Å²) in [6.07, 6.45) is 0.993. The predicted molar refractivity (Wildman–Crippen MR) is 85.9 cm³/mol. The molecule has 1 aliphatic carbocycles. The lowest BCUT2D eigenvalue weighted by Gasteiger charge is -2.33. The Kier molecular flexibility index (Phi) is 3.75. The molecule has 6 nitrogen and oxygen atoms in total. The summed E-state index contributed by atoms with van der Waals surface area (Å²) < 4.78 is 5.23. The van der Waals surface area contributed by atoms with Crippen LogP contribution in [0.3, 0.4) is 0 Å². The number of carbonyl (C=O) groups excluding carboxylic acids is 1. The summed E-state index contributed by atoms with van der Waals surface area (Å²) in [5.74, 6) is -1.42. The molecule has 0 bridgehead atoms. The first-order chi connectivity index (χ1) is 11.4. The number of aryl methyl sites for hydroxylation is 1. The molecule has 3 rings (SSSR count). The van der Waals surface area contributed by atoms with Gasteiger partial charge < -0.3 is 14.9 Å². The molecule has 0 saturated heterocycles. The number of pyridine rings is 1. The Balaban J connectivity index is 2.11. The molecule has 1 aromatic carbocycles. The number of benzene rings is 1. The quantitative estimate of drug-likeness (QED) is 0.899. The van der Waals surface area contributed by atoms with Gasteiger partial charge in [0.2, 0.25) is 5.88 Å². The molecule has 0 saturated carbocycles. The zero-order chi connectivity index (χ0) is 17.5. The van der Waals surface area contributed by atoms with E-state index in [0.29, 0.717) is 24.3 Å². The van der Waals surface area contributed by atoms with Crippen LogP contribution in [0.25, 0.3) is 0 Å². The molecule has 0 amide bonds. The normalized spacial score (nSPS) is 19.7. The van der Waals surface area contributed by atoms with Gasteiger partial charge >= 0.3 is 5.97 Å². The van der Waals surface area contributed by atoms with Crippen molar-refractivity contribution in [2.75, 3.05) is 7.11 Å². The maximum absolute atomic E-state index is 13.1. The number of hydrogen-bond donors (Lipinski definition) is 2. The lowest BCUT2D eigenvalue weighted by atomic mass is 9.68. The Morgan fingerprint density at radius 1 is 1.33 bits per heavy atom. The smallest absolute Gasteiger partial charge is 0.341 e. The van der Waals surface area contributed by atoms with Crippen LogP contribution in [-0.4, -0.2) is 34.1 Å². The summed E-state index contributed by atoms with van der Waals surface area (Å²) >= 11 is 0. The van der Waals surface area contributed by atoms with Crippen molar-refractivity contribution in [2.24, 2.45) is 0 Å². The maximum atomic E-state index is 13.1. The van der Waals surface area contributed by atoms with Crippen LogP contribution in [0.2, 0.25) is 0 Å². The van der Waals surface area contributed by atoms with E-state index in [9.17, 15) is 14.7 Å². The minimum atomic E-state index is -1.32. The number of carboxylic acid groups (broad SMARTS) is 1. The summed E-state index contributed by atoms with van der Waals surface area (Å²) in [6.45, 7) is 1.83. The van der Waals surface area contributed by atoms with Crippen molar-refractivity contribution < 1.29 is 24.5 Å². The maximum Gasteiger partial charge on any atom is 0.341 e. The van der Waals surface area contributed by atoms with Crippen molar-refractivity contribution in [3.63, 3.8) is 0 Å². The molecular formula is C18H17NO5. The van der Waals surface area contributed by atoms with Crippen molar-refractivity contribution in [1.82, 2.24) is 4.98 Å². The average molecular weight is 327 g/mol. The second kappa shape index (κ2) is 5.63. The van der Waals surface area contributed by atoms with Crippen LogP contribution in [0.15, 0.2) is 30.3 Å². The van der Waals surface area contributed by atoms with Crippen LogP contribution >= 0.6 is 0 Å². The van der Waals surface area contributed by atoms with Crippen molar-refractivity contribution in [3.8, 4) is 11.6 Å². The summed E-state index contributed by atoms with van der Waals surface area (Å²) in [6, 6.07) is 8.52. The molecule has 1 atom stereocenters. The van der Waals surface area contributed by atoms with E-state index in [-0.39, 0.29) is 16.9 Å². The fraction of sp³-hybridized carbons (Fsp3) is 0.278. The summed E-state index contributed by atoms with van der Waals surface area (Å²) in [4.78, 5) is 28.2. The minimum absolute atomic E-state index is 0.202. The van der Waals surface area contributed by atoms with Crippen LogP contribution in [0, 0.1) is 0 Å². The second-order valence-corrected chi connectivity index (χ2v) is 6.05. The van der Waals surface area contributed by atoms with E-state index in [1.165, 1.54) is 6.07 Å². The van der Waals surface area contributed by atoms with Crippen LogP contribution in [0.4, 0.5) is 0 Å². The van der Waals surface area contributed by atoms with Crippen molar-refractivity contribution in [1.29, 1.82) is 0 Å². The summed E-state index contributed by atoms with van der Waals surface area (Å²) in [5, 5.41) is 18.9. The zero-order valence-electron chi connectivity index (χ0n) is 13.4. The van der Waals surface area contributed by atoms with E-state index in [0.717, 1.165) is 5.56 Å². The van der Waals surface area contributed by atoms with Gasteiger partial charge in [-0.1, -0.05) is 12.1 Å². The van der Waals surface area contributed by atoms with E-state index >= 15 is 0 Å². The van der Waals surface area contributed by atoms with Gasteiger partial charge in [-0.25, -0.2) is 9.78 Å². The lowest BCUT2D eigenvalue weighted by molar-refractivity contribution is 0.0692. The largest absolute Gasteiger partial charge is 0.497 e. The third kappa shape index (κ3) is 2.40. The van der Waals surface area contributed by atoms with Gasteiger partial charge in [0, 0.05) is 5.56 Å². The standard InChI is InChI=1S/C18H17NO5/c1-18(10-4-3-5-11(8-10)24-2)7-6-14-12(15(18)20)9-13(17(22)23)16(21)19-14/h3-5,8-9H,6-7H2,1-2H3,(H,19,21)(H,22,23). The van der Waals surface area contributed by atoms with Gasteiger partial charge in [0.1, 0.15) is 11.3 Å². The molecule has 2 aromatic rings. The molecule has 124 valence electrons. The van der Waals surface area contributed by atoms with E-state index in [1.807, 2.05) is 25.1 Å². The molecule has 1 aromatic heterocycles. The minimum Gasteiger partial charge on any atom is -0.497 e. The van der Waals surface area contributed by atoms with Gasteiger partial charge in [-0.15, -0.1) is 0 Å². The lowest BCUT2D eigenvalue weighted by Crippen LogP contribution is -2.38. The van der Waals surface area contributed by atoms with Crippen molar-refractivity contribution in [3.05, 3.63) is 52.7 Å². The number of ketones is 1. The van der Waals surface area contributed by atoms with Crippen LogP contribution < -0.4 is 4.74 Å². The van der Waals surface area contributed by atoms with Crippen molar-refractivity contribution >= 4 is 11.8 Å². The molecule has 1 heterocycles. The van der Waals surface area contributed by atoms with Gasteiger partial charge in [-0.3, -0.25) is 4.79 Å². The van der Waals surface area contributed by atoms with Crippen LogP contribution in [0.5, 0.6) is 11.6 Å². The monoisotopic (exact) mass is 327 g/mol. The molecular weight excluding hydrogens is 310 g/mol. The Labute approximate surface area is 138 Å². The van der Waals surface area contributed by atoms with Gasteiger partial charge in [-0.05, 0) is 43.5 Å². The van der Waals surface area contributed by atoms with Gasteiger partial charge in [0.25, 0.3) is 0 Å². The molecule has 0 radical (unpaired) electrons. The molecule has 1 unspecified atom stereocenters. The van der Waals surface area contributed by atoms with E-state index in [1.54, 1.807) is 13.2 Å². The number of Topliss-reactive ketones (excluding diaryl/α,β-unsaturated/α-hetero) is 1. The first-order valence-corrected chi connectivity index (χ1v) is 7.52. The first kappa shape index (κ1) is 16.0. The molecule has 24 heavy (non-hydrogen) atoms. The highest BCUT2D eigenvalue weighted by Crippen LogP contribution is 2.39. The summed E-state index contributed by atoms with van der Waals surface area (Å²) in [5.41, 5.74) is 0.333. The molecule has 2 N–H and O–H groups in total. The van der Waals surface area contributed by atoms with E-state index in [2.05, 4.69) is 4.98 Å². The Hall–Kier alpha value is -2.89. The topological polar surface area (TPSA) is 96.7 Å². The average Bonchev–Trinajstić information content (AvgIpc) is 2.58. The second-order valence-electron chi connectivity index (χ2n) is 6.05. The molecule has 0 spiro atoms. The number of rotatable bonds is 3. The molecule has 0 aliphatic heterocycles. The highest BCUT2D eigenvalue weighted by molar-refractivity contribution is 6.07. The molecule has 1 aliphatic rings. The van der Waals surface area contributed by atoms with E-state index < -0.39 is 17.3 Å². The Morgan fingerprint density at radius 2 is 2.08 bits per heavy atom. The number of fused-ring (bicyclic) bond motifs is 1. The number of methoxy groups -OCH3 is 1. The highest BCUT2D eigenvalue weighted by Gasteiger charge is 2.41. The number of carboxylic acids is 1. The molecule has 6 heteroatoms. The fourth-order valence-electron chi connectivity index (χ4n) is 3.11. The Bertz CT molecular complexity index is 845. The first-order valence-electron chi connectivity index (χ1n) is 7.52. The zero-order valence-corrected chi connectivity index (χ0v) is 13.4. The van der Waals surface area contributed by atoms with Gasteiger partial charge in [0.05, 0.1) is 18.2 Å². The van der Waals surface area contributed by atoms with Crippen molar-refractivity contribution in [2.45, 2.75) is 25.2 Å². The number of nitrogens with zero attached hydrogens (tertiary/aromatic N) is 1. The van der Waals surface area contributed by atoms with E-state index in [4.69, 9.17) is 9.84 Å². The third-order valence-corrected chi connectivity index (χ3v) is 4.63. The van der Waals surface area contributed by atoms with Crippen LogP contribution in [0.1, 0.15) is 45.3 Å². The highest BCUT2D eigenvalue weighted by atomic mass is 16.5. The van der Waals surface area contributed by atoms with Gasteiger partial charge in [0.15, 0.2) is 5.78 Å². The number of ether oxygens (including phenoxy) is 1. The predicted octanol–water partition coefficient (Wildman–Crippen LogP) is 2.58. The van der Waals surface area contributed by atoms with Crippen LogP contribution in [-0.2, 0) is 11.8 Å². The Morgan fingerprint density at radius 3 is 2.75 bits per heavy atom. The summed E-state index contributed by atoms with van der Waals surface area (Å²) in [7, 11) is 1.56. The number of carbonyl (C=O) groups is 2. The number of aromatic carboxylic acids is 1. The van der Waals surface area contributed by atoms with Gasteiger partial charge in [-0.2, -0.15) is 0 Å². The number of aromatic nitrogens is 1. The fourth-order valence-corrected chi connectivity index (χ4v) is 3.11.